The number of rotatable bonds is 4. The van der Waals surface area contributed by atoms with Gasteiger partial charge < -0.3 is 20.4 Å². The van der Waals surface area contributed by atoms with Gasteiger partial charge in [0.05, 0.1) is 4.87 Å². The molecule has 30 heavy (non-hydrogen) atoms. The molecular formula is C21H27FN4O3S. The van der Waals surface area contributed by atoms with Crippen molar-refractivity contribution >= 4 is 35.3 Å². The minimum absolute atomic E-state index is 0.0235. The molecule has 7 nitrogen and oxygen atoms in total. The number of fused-ring (bicyclic) bond motifs is 1. The van der Waals surface area contributed by atoms with E-state index < -0.39 is 11.8 Å². The number of amides is 4. The average molecular weight is 435 g/mol. The fourth-order valence-corrected chi connectivity index (χ4v) is 6.05. The van der Waals surface area contributed by atoms with Gasteiger partial charge in [-0.05, 0) is 50.3 Å². The molecule has 0 bridgehead atoms. The molecule has 3 atom stereocenters. The number of carbonyl (C=O) groups is 3. The molecule has 3 saturated heterocycles. The first-order valence-electron chi connectivity index (χ1n) is 10.4. The SMILES string of the molecule is CC12CCC(=O)N1C(C(=O)N1CCCC(CNC(=O)Nc3cccc(F)c3)C1)CS2. The highest BCUT2D eigenvalue weighted by atomic mass is 32.2. The summed E-state index contributed by atoms with van der Waals surface area (Å²) in [4.78, 5) is 41.0. The molecule has 3 heterocycles. The standard InChI is InChI=1S/C21H27FN4O3S/c1-21-8-7-18(27)26(21)17(13-30-21)19(28)25-9-3-4-14(12-25)11-23-20(29)24-16-6-2-5-15(22)10-16/h2,5-6,10,14,17H,3-4,7-9,11-13H2,1H3,(H2,23,24,29). The Labute approximate surface area is 179 Å². The quantitative estimate of drug-likeness (QED) is 0.763. The van der Waals surface area contributed by atoms with E-state index in [0.717, 1.165) is 19.3 Å². The molecule has 0 saturated carbocycles. The van der Waals surface area contributed by atoms with E-state index in [9.17, 15) is 18.8 Å². The Morgan fingerprint density at radius 2 is 2.20 bits per heavy atom. The lowest BCUT2D eigenvalue weighted by Gasteiger charge is -2.37. The van der Waals surface area contributed by atoms with Gasteiger partial charge in [0.15, 0.2) is 0 Å². The van der Waals surface area contributed by atoms with Crippen molar-refractivity contribution < 1.29 is 18.8 Å². The summed E-state index contributed by atoms with van der Waals surface area (Å²) in [5, 5.41) is 5.44. The summed E-state index contributed by atoms with van der Waals surface area (Å²) in [6.07, 6.45) is 3.10. The van der Waals surface area contributed by atoms with Gasteiger partial charge in [-0.2, -0.15) is 0 Å². The lowest BCUT2D eigenvalue weighted by atomic mass is 9.97. The Kier molecular flexibility index (Phi) is 5.90. The third-order valence-corrected chi connectivity index (χ3v) is 7.70. The van der Waals surface area contributed by atoms with Crippen LogP contribution in [0.5, 0.6) is 0 Å². The number of piperidine rings is 1. The van der Waals surface area contributed by atoms with E-state index in [-0.39, 0.29) is 28.6 Å². The molecule has 3 aliphatic heterocycles. The van der Waals surface area contributed by atoms with Crippen molar-refractivity contribution in [3.05, 3.63) is 30.1 Å². The molecule has 3 aliphatic rings. The van der Waals surface area contributed by atoms with Gasteiger partial charge in [0.1, 0.15) is 11.9 Å². The molecule has 0 aliphatic carbocycles. The Bertz CT molecular complexity index is 853. The van der Waals surface area contributed by atoms with Crippen molar-refractivity contribution in [2.75, 3.05) is 30.7 Å². The Morgan fingerprint density at radius 3 is 3.00 bits per heavy atom. The Hall–Kier alpha value is -2.29. The molecule has 9 heteroatoms. The molecular weight excluding hydrogens is 407 g/mol. The molecule has 2 N–H and O–H groups in total. The second kappa shape index (κ2) is 8.45. The van der Waals surface area contributed by atoms with Crippen molar-refractivity contribution in [2.45, 2.75) is 43.5 Å². The lowest BCUT2D eigenvalue weighted by molar-refractivity contribution is -0.144. The van der Waals surface area contributed by atoms with Gasteiger partial charge in [0.25, 0.3) is 0 Å². The molecule has 0 spiro atoms. The Balaban J connectivity index is 1.29. The van der Waals surface area contributed by atoms with Crippen LogP contribution in [0.2, 0.25) is 0 Å². The summed E-state index contributed by atoms with van der Waals surface area (Å²) in [5.74, 6) is 0.485. The fourth-order valence-electron chi connectivity index (χ4n) is 4.62. The largest absolute Gasteiger partial charge is 0.341 e. The van der Waals surface area contributed by atoms with E-state index in [1.54, 1.807) is 22.7 Å². The number of anilines is 1. The number of thioether (sulfide) groups is 1. The third-order valence-electron chi connectivity index (χ3n) is 6.19. The first-order chi connectivity index (χ1) is 14.4. The van der Waals surface area contributed by atoms with Crippen molar-refractivity contribution in [2.24, 2.45) is 5.92 Å². The van der Waals surface area contributed by atoms with E-state index >= 15 is 0 Å². The number of nitrogens with one attached hydrogen (secondary N) is 2. The maximum absolute atomic E-state index is 13.2. The highest BCUT2D eigenvalue weighted by Gasteiger charge is 2.53. The molecule has 162 valence electrons. The van der Waals surface area contributed by atoms with Crippen LogP contribution in [0.3, 0.4) is 0 Å². The normalized spacial score (nSPS) is 28.4. The van der Waals surface area contributed by atoms with E-state index in [2.05, 4.69) is 17.6 Å². The van der Waals surface area contributed by atoms with Crippen LogP contribution in [0.4, 0.5) is 14.9 Å². The van der Waals surface area contributed by atoms with Crippen molar-refractivity contribution in [3.8, 4) is 0 Å². The maximum atomic E-state index is 13.2. The molecule has 0 radical (unpaired) electrons. The molecule has 1 aromatic rings. The topological polar surface area (TPSA) is 81.8 Å². The molecule has 3 fully saturated rings. The van der Waals surface area contributed by atoms with E-state index in [1.165, 1.54) is 18.2 Å². The average Bonchev–Trinajstić information content (AvgIpc) is 3.22. The Morgan fingerprint density at radius 1 is 1.37 bits per heavy atom. The predicted octanol–water partition coefficient (Wildman–Crippen LogP) is 2.64. The zero-order valence-corrected chi connectivity index (χ0v) is 17.8. The van der Waals surface area contributed by atoms with E-state index in [0.29, 0.717) is 37.5 Å². The van der Waals surface area contributed by atoms with Gasteiger partial charge >= 0.3 is 6.03 Å². The number of halogens is 1. The van der Waals surface area contributed by atoms with Gasteiger partial charge in [0, 0.05) is 37.5 Å². The minimum Gasteiger partial charge on any atom is -0.341 e. The summed E-state index contributed by atoms with van der Waals surface area (Å²) in [7, 11) is 0. The summed E-state index contributed by atoms with van der Waals surface area (Å²) >= 11 is 1.70. The van der Waals surface area contributed by atoms with Crippen LogP contribution in [0.1, 0.15) is 32.6 Å². The summed E-state index contributed by atoms with van der Waals surface area (Å²) < 4.78 is 13.2. The van der Waals surface area contributed by atoms with Crippen LogP contribution < -0.4 is 10.6 Å². The van der Waals surface area contributed by atoms with Gasteiger partial charge in [-0.3, -0.25) is 9.59 Å². The number of hydrogen-bond donors (Lipinski definition) is 2. The van der Waals surface area contributed by atoms with Crippen molar-refractivity contribution in [1.29, 1.82) is 0 Å². The number of hydrogen-bond acceptors (Lipinski definition) is 4. The first-order valence-corrected chi connectivity index (χ1v) is 11.4. The van der Waals surface area contributed by atoms with Gasteiger partial charge in [0.2, 0.25) is 11.8 Å². The molecule has 4 rings (SSSR count). The first kappa shape index (κ1) is 21.0. The van der Waals surface area contributed by atoms with E-state index in [4.69, 9.17) is 0 Å². The zero-order chi connectivity index (χ0) is 21.3. The third kappa shape index (κ3) is 4.26. The van der Waals surface area contributed by atoms with Crippen LogP contribution in [-0.4, -0.2) is 63.9 Å². The van der Waals surface area contributed by atoms with Gasteiger partial charge in [-0.1, -0.05) is 6.07 Å². The molecule has 1 aromatic carbocycles. The summed E-state index contributed by atoms with van der Waals surface area (Å²) in [6, 6.07) is 4.96. The summed E-state index contributed by atoms with van der Waals surface area (Å²) in [6.45, 7) is 3.74. The summed E-state index contributed by atoms with van der Waals surface area (Å²) in [5.41, 5.74) is 0.394. The second-order valence-electron chi connectivity index (χ2n) is 8.40. The van der Waals surface area contributed by atoms with Crippen molar-refractivity contribution in [3.63, 3.8) is 0 Å². The van der Waals surface area contributed by atoms with Crippen LogP contribution >= 0.6 is 11.8 Å². The lowest BCUT2D eigenvalue weighted by Crippen LogP contribution is -2.54. The number of benzene rings is 1. The van der Waals surface area contributed by atoms with Crippen LogP contribution in [-0.2, 0) is 9.59 Å². The monoisotopic (exact) mass is 434 g/mol. The fraction of sp³-hybridized carbons (Fsp3) is 0.571. The molecule has 3 unspecified atom stereocenters. The van der Waals surface area contributed by atoms with Crippen molar-refractivity contribution in [1.82, 2.24) is 15.1 Å². The highest BCUT2D eigenvalue weighted by Crippen LogP contribution is 2.47. The molecule has 4 amide bonds. The highest BCUT2D eigenvalue weighted by molar-refractivity contribution is 8.01. The number of nitrogens with zero attached hydrogens (tertiary/aromatic N) is 2. The molecule has 0 aromatic heterocycles. The second-order valence-corrected chi connectivity index (χ2v) is 9.90. The van der Waals surface area contributed by atoms with Gasteiger partial charge in [-0.25, -0.2) is 9.18 Å². The minimum atomic E-state index is -0.410. The zero-order valence-electron chi connectivity index (χ0n) is 17.0. The van der Waals surface area contributed by atoms with Gasteiger partial charge in [-0.15, -0.1) is 11.8 Å². The van der Waals surface area contributed by atoms with E-state index in [1.807, 2.05) is 4.90 Å². The number of likely N-dealkylation sites (tertiary alicyclic amines) is 1. The van der Waals surface area contributed by atoms with Crippen LogP contribution in [0, 0.1) is 11.7 Å². The van der Waals surface area contributed by atoms with Crippen LogP contribution in [0.25, 0.3) is 0 Å². The van der Waals surface area contributed by atoms with Crippen LogP contribution in [0.15, 0.2) is 24.3 Å². The number of carbonyl (C=O) groups excluding carboxylic acids is 3. The smallest absolute Gasteiger partial charge is 0.319 e. The maximum Gasteiger partial charge on any atom is 0.319 e. The number of urea groups is 1. The predicted molar refractivity (Wildman–Crippen MR) is 113 cm³/mol.